The van der Waals surface area contributed by atoms with Crippen molar-refractivity contribution >= 4 is 0 Å². The number of fused-ring (bicyclic) bond motifs is 1. The first-order valence-corrected chi connectivity index (χ1v) is 6.32. The average Bonchev–Trinajstić information content (AvgIpc) is 2.72. The third-order valence-corrected chi connectivity index (χ3v) is 3.38. The molecule has 1 aromatic rings. The van der Waals surface area contributed by atoms with Crippen LogP contribution in [0.2, 0.25) is 0 Å². The minimum absolute atomic E-state index is 0.353. The van der Waals surface area contributed by atoms with E-state index < -0.39 is 6.10 Å². The van der Waals surface area contributed by atoms with E-state index in [1.165, 1.54) is 0 Å². The van der Waals surface area contributed by atoms with Crippen LogP contribution >= 0.6 is 0 Å². The van der Waals surface area contributed by atoms with E-state index in [0.29, 0.717) is 12.5 Å². The first kappa shape index (κ1) is 12.2. The van der Waals surface area contributed by atoms with Gasteiger partial charge in [0.25, 0.3) is 0 Å². The smallest absolute Gasteiger partial charge is 0.129 e. The molecule has 3 heteroatoms. The Morgan fingerprint density at radius 3 is 2.88 bits per heavy atom. The molecule has 1 aliphatic heterocycles. The zero-order valence-electron chi connectivity index (χ0n) is 10.5. The highest BCUT2D eigenvalue weighted by atomic mass is 16.5. The lowest BCUT2D eigenvalue weighted by Gasteiger charge is -2.14. The molecule has 1 aliphatic rings. The molecule has 3 nitrogen and oxygen atoms in total. The molecule has 1 unspecified atom stereocenters. The van der Waals surface area contributed by atoms with Crippen LogP contribution in [0.5, 0.6) is 11.5 Å². The molecule has 1 heterocycles. The molecule has 0 saturated carbocycles. The molecule has 94 valence electrons. The number of aliphatic hydroxyl groups is 1. The van der Waals surface area contributed by atoms with Crippen LogP contribution in [0.3, 0.4) is 0 Å². The molecule has 1 atom stereocenters. The molecule has 0 amide bonds. The van der Waals surface area contributed by atoms with E-state index in [0.717, 1.165) is 36.5 Å². The SMILES string of the molecule is CCC(CC)COc1ccc2c(c1)OCC2O. The molecular weight excluding hydrogens is 216 g/mol. The van der Waals surface area contributed by atoms with Gasteiger partial charge in [0.1, 0.15) is 24.2 Å². The van der Waals surface area contributed by atoms with Crippen molar-refractivity contribution in [3.63, 3.8) is 0 Å². The van der Waals surface area contributed by atoms with E-state index in [4.69, 9.17) is 9.47 Å². The fraction of sp³-hybridized carbons (Fsp3) is 0.571. The van der Waals surface area contributed by atoms with Crippen molar-refractivity contribution in [2.24, 2.45) is 5.92 Å². The van der Waals surface area contributed by atoms with Gasteiger partial charge in [0.2, 0.25) is 0 Å². The Balaban J connectivity index is 1.99. The van der Waals surface area contributed by atoms with Gasteiger partial charge in [-0.3, -0.25) is 0 Å². The molecule has 1 aromatic carbocycles. The van der Waals surface area contributed by atoms with Gasteiger partial charge >= 0.3 is 0 Å². The second-order valence-corrected chi connectivity index (χ2v) is 4.52. The van der Waals surface area contributed by atoms with Crippen molar-refractivity contribution in [3.8, 4) is 11.5 Å². The lowest BCUT2D eigenvalue weighted by atomic mass is 10.1. The van der Waals surface area contributed by atoms with E-state index in [-0.39, 0.29) is 0 Å². The zero-order valence-corrected chi connectivity index (χ0v) is 10.5. The normalized spacial score (nSPS) is 18.0. The van der Waals surface area contributed by atoms with Gasteiger partial charge in [-0.05, 0) is 18.1 Å². The molecule has 0 aliphatic carbocycles. The second kappa shape index (κ2) is 5.41. The molecule has 0 saturated heterocycles. The number of hydrogen-bond acceptors (Lipinski definition) is 3. The van der Waals surface area contributed by atoms with Gasteiger partial charge in [0, 0.05) is 11.6 Å². The highest BCUT2D eigenvalue weighted by Gasteiger charge is 2.22. The monoisotopic (exact) mass is 236 g/mol. The summed E-state index contributed by atoms with van der Waals surface area (Å²) in [6.07, 6.45) is 1.78. The van der Waals surface area contributed by atoms with Crippen LogP contribution in [0.1, 0.15) is 38.4 Å². The molecule has 2 rings (SSSR count). The van der Waals surface area contributed by atoms with Gasteiger partial charge in [0.05, 0.1) is 6.61 Å². The first-order valence-electron chi connectivity index (χ1n) is 6.32. The second-order valence-electron chi connectivity index (χ2n) is 4.52. The topological polar surface area (TPSA) is 38.7 Å². The Bertz CT molecular complexity index is 372. The summed E-state index contributed by atoms with van der Waals surface area (Å²) in [7, 11) is 0. The van der Waals surface area contributed by atoms with E-state index in [2.05, 4.69) is 13.8 Å². The van der Waals surface area contributed by atoms with Crippen molar-refractivity contribution in [2.45, 2.75) is 32.8 Å². The highest BCUT2D eigenvalue weighted by molar-refractivity contribution is 5.44. The predicted molar refractivity (Wildman–Crippen MR) is 66.5 cm³/mol. The number of benzene rings is 1. The predicted octanol–water partition coefficient (Wildman–Crippen LogP) is 2.93. The summed E-state index contributed by atoms with van der Waals surface area (Å²) >= 11 is 0. The Kier molecular flexibility index (Phi) is 3.89. The van der Waals surface area contributed by atoms with E-state index >= 15 is 0 Å². The summed E-state index contributed by atoms with van der Waals surface area (Å²) in [6, 6.07) is 5.66. The van der Waals surface area contributed by atoms with E-state index in [1.54, 1.807) is 0 Å². The van der Waals surface area contributed by atoms with Gasteiger partial charge < -0.3 is 14.6 Å². The lowest BCUT2D eigenvalue weighted by molar-refractivity contribution is 0.140. The lowest BCUT2D eigenvalue weighted by Crippen LogP contribution is -2.10. The molecule has 1 N–H and O–H groups in total. The van der Waals surface area contributed by atoms with Crippen molar-refractivity contribution in [1.82, 2.24) is 0 Å². The zero-order chi connectivity index (χ0) is 12.3. The first-order chi connectivity index (χ1) is 8.24. The van der Waals surface area contributed by atoms with Crippen LogP contribution in [-0.4, -0.2) is 18.3 Å². The molecule has 0 spiro atoms. The van der Waals surface area contributed by atoms with Crippen LogP contribution in [-0.2, 0) is 0 Å². The fourth-order valence-corrected chi connectivity index (χ4v) is 2.00. The summed E-state index contributed by atoms with van der Waals surface area (Å²) < 4.78 is 11.1. The van der Waals surface area contributed by atoms with Gasteiger partial charge in [-0.25, -0.2) is 0 Å². The summed E-state index contributed by atoms with van der Waals surface area (Å²) in [5.41, 5.74) is 0.861. The highest BCUT2D eigenvalue weighted by Crippen LogP contribution is 2.35. The Hall–Kier alpha value is -1.22. The summed E-state index contributed by atoms with van der Waals surface area (Å²) in [5, 5.41) is 9.60. The van der Waals surface area contributed by atoms with Gasteiger partial charge in [0.15, 0.2) is 0 Å². The van der Waals surface area contributed by atoms with Crippen molar-refractivity contribution in [3.05, 3.63) is 23.8 Å². The number of hydrogen-bond donors (Lipinski definition) is 1. The molecule has 17 heavy (non-hydrogen) atoms. The third kappa shape index (κ3) is 2.72. The van der Waals surface area contributed by atoms with Crippen LogP contribution in [0.15, 0.2) is 18.2 Å². The average molecular weight is 236 g/mol. The van der Waals surface area contributed by atoms with E-state index in [9.17, 15) is 5.11 Å². The maximum atomic E-state index is 9.60. The largest absolute Gasteiger partial charge is 0.493 e. The van der Waals surface area contributed by atoms with Crippen LogP contribution in [0.25, 0.3) is 0 Å². The maximum Gasteiger partial charge on any atom is 0.129 e. The van der Waals surface area contributed by atoms with Gasteiger partial charge in [-0.15, -0.1) is 0 Å². The van der Waals surface area contributed by atoms with Crippen LogP contribution in [0, 0.1) is 5.92 Å². The number of rotatable bonds is 5. The summed E-state index contributed by atoms with van der Waals surface area (Å²) in [6.45, 7) is 5.46. The van der Waals surface area contributed by atoms with Crippen LogP contribution in [0.4, 0.5) is 0 Å². The summed E-state index contributed by atoms with van der Waals surface area (Å²) in [4.78, 5) is 0. The van der Waals surface area contributed by atoms with E-state index in [1.807, 2.05) is 18.2 Å². The molecule has 0 fully saturated rings. The minimum Gasteiger partial charge on any atom is -0.493 e. The van der Waals surface area contributed by atoms with Gasteiger partial charge in [-0.2, -0.15) is 0 Å². The summed E-state index contributed by atoms with van der Waals surface area (Å²) in [5.74, 6) is 2.18. The fourth-order valence-electron chi connectivity index (χ4n) is 2.00. The standard InChI is InChI=1S/C14H20O3/c1-3-10(4-2)8-16-11-5-6-12-13(15)9-17-14(12)7-11/h5-7,10,13,15H,3-4,8-9H2,1-2H3. The van der Waals surface area contributed by atoms with Crippen molar-refractivity contribution in [1.29, 1.82) is 0 Å². The molecule has 0 bridgehead atoms. The van der Waals surface area contributed by atoms with Crippen molar-refractivity contribution < 1.29 is 14.6 Å². The maximum absolute atomic E-state index is 9.60. The Labute approximate surface area is 102 Å². The van der Waals surface area contributed by atoms with Crippen molar-refractivity contribution in [2.75, 3.05) is 13.2 Å². The van der Waals surface area contributed by atoms with Gasteiger partial charge in [-0.1, -0.05) is 26.7 Å². The molecule has 0 radical (unpaired) electrons. The van der Waals surface area contributed by atoms with Crippen LogP contribution < -0.4 is 9.47 Å². The third-order valence-electron chi connectivity index (χ3n) is 3.38. The Morgan fingerprint density at radius 1 is 1.41 bits per heavy atom. The number of aliphatic hydroxyl groups excluding tert-OH is 1. The quantitative estimate of drug-likeness (QED) is 0.854. The number of ether oxygens (including phenoxy) is 2. The molecule has 0 aromatic heterocycles. The minimum atomic E-state index is -0.488. The molecular formula is C14H20O3. The Morgan fingerprint density at radius 2 is 2.18 bits per heavy atom.